The molecule has 0 atom stereocenters. The molecular formula is C13H13Cl2N3O2S. The lowest BCUT2D eigenvalue weighted by Crippen LogP contribution is -2.14. The normalized spacial score (nSPS) is 10.5. The number of hydrogen-bond donors (Lipinski definition) is 2. The summed E-state index contributed by atoms with van der Waals surface area (Å²) in [5.41, 5.74) is 6.39. The number of ether oxygens (including phenoxy) is 1. The van der Waals surface area contributed by atoms with Crippen LogP contribution in [0.3, 0.4) is 0 Å². The van der Waals surface area contributed by atoms with Gasteiger partial charge in [0, 0.05) is 18.8 Å². The number of nitrogens with two attached hydrogens (primary N) is 1. The number of hydrogen-bond acceptors (Lipinski definition) is 5. The number of aromatic nitrogens is 1. The highest BCUT2D eigenvalue weighted by Crippen LogP contribution is 2.36. The van der Waals surface area contributed by atoms with E-state index in [0.717, 1.165) is 11.3 Å². The molecule has 0 aliphatic heterocycles. The molecule has 0 fully saturated rings. The first kappa shape index (κ1) is 16.0. The second-order valence-electron chi connectivity index (χ2n) is 4.12. The van der Waals surface area contributed by atoms with Gasteiger partial charge in [0.05, 0.1) is 9.90 Å². The van der Waals surface area contributed by atoms with E-state index in [1.54, 1.807) is 19.1 Å². The predicted octanol–water partition coefficient (Wildman–Crippen LogP) is 3.35. The molecule has 1 amide bonds. The van der Waals surface area contributed by atoms with E-state index in [-0.39, 0.29) is 5.91 Å². The minimum absolute atomic E-state index is 0.352. The maximum atomic E-state index is 12.2. The van der Waals surface area contributed by atoms with Crippen molar-refractivity contribution in [3.8, 4) is 5.75 Å². The molecule has 0 radical (unpaired) electrons. The molecule has 0 saturated heterocycles. The van der Waals surface area contributed by atoms with Crippen molar-refractivity contribution in [2.75, 3.05) is 18.5 Å². The van der Waals surface area contributed by atoms with Gasteiger partial charge in [0.15, 0.2) is 0 Å². The molecule has 21 heavy (non-hydrogen) atoms. The number of amides is 1. The van der Waals surface area contributed by atoms with E-state index in [2.05, 4.69) is 10.3 Å². The van der Waals surface area contributed by atoms with Gasteiger partial charge in [0.1, 0.15) is 22.5 Å². The number of nitrogens with zero attached hydrogens (tertiary/aromatic N) is 1. The summed E-state index contributed by atoms with van der Waals surface area (Å²) >= 11 is 13.2. The summed E-state index contributed by atoms with van der Waals surface area (Å²) in [6.07, 6.45) is 1.54. The van der Waals surface area contributed by atoms with Crippen LogP contribution in [-0.4, -0.2) is 24.0 Å². The minimum Gasteiger partial charge on any atom is -0.492 e. The van der Waals surface area contributed by atoms with Crippen LogP contribution in [0.5, 0.6) is 5.75 Å². The average molecular weight is 346 g/mol. The highest BCUT2D eigenvalue weighted by atomic mass is 35.5. The van der Waals surface area contributed by atoms with Gasteiger partial charge in [0.2, 0.25) is 0 Å². The van der Waals surface area contributed by atoms with Crippen LogP contribution in [0.1, 0.15) is 15.9 Å². The van der Waals surface area contributed by atoms with Crippen LogP contribution in [0.25, 0.3) is 0 Å². The fraction of sp³-hybridized carbons (Fsp3) is 0.231. The van der Waals surface area contributed by atoms with E-state index in [9.17, 15) is 4.79 Å². The van der Waals surface area contributed by atoms with Gasteiger partial charge in [0.25, 0.3) is 5.91 Å². The van der Waals surface area contributed by atoms with Crippen molar-refractivity contribution < 1.29 is 9.53 Å². The summed E-state index contributed by atoms with van der Waals surface area (Å²) in [6, 6.07) is 3.30. The molecule has 0 spiro atoms. The Bertz CT molecular complexity index is 661. The van der Waals surface area contributed by atoms with Crippen molar-refractivity contribution in [2.45, 2.75) is 6.92 Å². The Labute approximate surface area is 136 Å². The molecule has 0 unspecified atom stereocenters. The Morgan fingerprint density at radius 2 is 2.24 bits per heavy atom. The van der Waals surface area contributed by atoms with Crippen molar-refractivity contribution in [1.82, 2.24) is 4.98 Å². The lowest BCUT2D eigenvalue weighted by molar-refractivity contribution is 0.102. The Kier molecular flexibility index (Phi) is 5.41. The first-order valence-electron chi connectivity index (χ1n) is 6.07. The second kappa shape index (κ2) is 7.09. The molecule has 0 aliphatic carbocycles. The molecule has 0 aromatic carbocycles. The largest absolute Gasteiger partial charge is 0.492 e. The first-order valence-corrected chi connectivity index (χ1v) is 7.64. The molecule has 2 aromatic heterocycles. The molecule has 112 valence electrons. The minimum atomic E-state index is -0.357. The molecule has 0 saturated carbocycles. The van der Waals surface area contributed by atoms with Crippen LogP contribution in [0.2, 0.25) is 8.67 Å². The zero-order chi connectivity index (χ0) is 15.4. The molecule has 0 aliphatic rings. The van der Waals surface area contributed by atoms with E-state index >= 15 is 0 Å². The first-order chi connectivity index (χ1) is 10.0. The maximum Gasteiger partial charge on any atom is 0.259 e. The van der Waals surface area contributed by atoms with Gasteiger partial charge in [-0.25, -0.2) is 4.98 Å². The van der Waals surface area contributed by atoms with Crippen LogP contribution in [0.15, 0.2) is 18.3 Å². The number of carbonyl (C=O) groups excluding carboxylic acids is 1. The standard InChI is InChI=1S/C13H13Cl2N3O2S/c1-7-10(12(15)21-11(7)14)13(19)18-9-6-8(2-4-17-9)20-5-3-16/h2,4,6H,3,5,16H2,1H3,(H,17,18,19). The van der Waals surface area contributed by atoms with Gasteiger partial charge < -0.3 is 15.8 Å². The Balaban J connectivity index is 2.16. The number of nitrogens with one attached hydrogen (secondary N) is 1. The van der Waals surface area contributed by atoms with E-state index < -0.39 is 0 Å². The number of rotatable bonds is 5. The number of halogens is 2. The number of carbonyl (C=O) groups is 1. The zero-order valence-electron chi connectivity index (χ0n) is 11.2. The quantitative estimate of drug-likeness (QED) is 0.870. The van der Waals surface area contributed by atoms with Crippen molar-refractivity contribution >= 4 is 46.3 Å². The molecule has 2 heterocycles. The highest BCUT2D eigenvalue weighted by Gasteiger charge is 2.19. The van der Waals surface area contributed by atoms with Crippen LogP contribution in [0, 0.1) is 6.92 Å². The van der Waals surface area contributed by atoms with E-state index in [4.69, 9.17) is 33.7 Å². The topological polar surface area (TPSA) is 77.2 Å². The second-order valence-corrected chi connectivity index (χ2v) is 6.34. The van der Waals surface area contributed by atoms with Gasteiger partial charge in [-0.1, -0.05) is 23.2 Å². The number of anilines is 1. The highest BCUT2D eigenvalue weighted by molar-refractivity contribution is 7.20. The monoisotopic (exact) mass is 345 g/mol. The summed E-state index contributed by atoms with van der Waals surface area (Å²) in [4.78, 5) is 16.3. The van der Waals surface area contributed by atoms with E-state index in [1.807, 2.05) is 0 Å². The SMILES string of the molecule is Cc1c(Cl)sc(Cl)c1C(=O)Nc1cc(OCCN)ccn1. The van der Waals surface area contributed by atoms with Crippen molar-refractivity contribution in [2.24, 2.45) is 5.73 Å². The summed E-state index contributed by atoms with van der Waals surface area (Å²) in [7, 11) is 0. The van der Waals surface area contributed by atoms with Crippen LogP contribution < -0.4 is 15.8 Å². The zero-order valence-corrected chi connectivity index (χ0v) is 13.5. The Morgan fingerprint density at radius 3 is 2.86 bits per heavy atom. The molecule has 0 bridgehead atoms. The molecule has 5 nitrogen and oxygen atoms in total. The number of pyridine rings is 1. The smallest absolute Gasteiger partial charge is 0.259 e. The Morgan fingerprint density at radius 1 is 1.48 bits per heavy atom. The van der Waals surface area contributed by atoms with E-state index in [0.29, 0.717) is 44.5 Å². The van der Waals surface area contributed by atoms with Gasteiger partial charge in [-0.2, -0.15) is 0 Å². The summed E-state index contributed by atoms with van der Waals surface area (Å²) in [5, 5.41) is 2.67. The predicted molar refractivity (Wildman–Crippen MR) is 85.8 cm³/mol. The van der Waals surface area contributed by atoms with E-state index in [1.165, 1.54) is 6.20 Å². The van der Waals surface area contributed by atoms with Gasteiger partial charge in [-0.3, -0.25) is 4.79 Å². The van der Waals surface area contributed by atoms with Crippen LogP contribution in [0.4, 0.5) is 5.82 Å². The van der Waals surface area contributed by atoms with Crippen molar-refractivity contribution in [1.29, 1.82) is 0 Å². The summed E-state index contributed by atoms with van der Waals surface area (Å²) in [6.45, 7) is 2.54. The molecule has 8 heteroatoms. The molecule has 3 N–H and O–H groups in total. The lowest BCUT2D eigenvalue weighted by Gasteiger charge is -2.08. The third-order valence-corrected chi connectivity index (χ3v) is 4.44. The fourth-order valence-electron chi connectivity index (χ4n) is 1.64. The van der Waals surface area contributed by atoms with Crippen molar-refractivity contribution in [3.05, 3.63) is 38.1 Å². The molecule has 2 rings (SSSR count). The fourth-order valence-corrected chi connectivity index (χ4v) is 3.30. The average Bonchev–Trinajstić information content (AvgIpc) is 2.70. The van der Waals surface area contributed by atoms with Gasteiger partial charge in [-0.15, -0.1) is 11.3 Å². The van der Waals surface area contributed by atoms with Gasteiger partial charge in [-0.05, 0) is 18.6 Å². The molecular weight excluding hydrogens is 333 g/mol. The van der Waals surface area contributed by atoms with Gasteiger partial charge >= 0.3 is 0 Å². The Hall–Kier alpha value is -1.34. The molecule has 2 aromatic rings. The number of thiophene rings is 1. The third kappa shape index (κ3) is 3.85. The maximum absolute atomic E-state index is 12.2. The van der Waals surface area contributed by atoms with Crippen LogP contribution >= 0.6 is 34.5 Å². The van der Waals surface area contributed by atoms with Crippen LogP contribution in [-0.2, 0) is 0 Å². The lowest BCUT2D eigenvalue weighted by atomic mass is 10.2. The van der Waals surface area contributed by atoms with Crippen molar-refractivity contribution in [3.63, 3.8) is 0 Å². The summed E-state index contributed by atoms with van der Waals surface area (Å²) < 4.78 is 6.22. The summed E-state index contributed by atoms with van der Waals surface area (Å²) in [5.74, 6) is 0.591. The third-order valence-electron chi connectivity index (χ3n) is 2.63.